The molecule has 0 radical (unpaired) electrons. The summed E-state index contributed by atoms with van der Waals surface area (Å²) in [6.07, 6.45) is 0.133. The van der Waals surface area contributed by atoms with Gasteiger partial charge in [0.05, 0.1) is 6.61 Å². The zero-order chi connectivity index (χ0) is 13.4. The van der Waals surface area contributed by atoms with E-state index in [1.54, 1.807) is 0 Å². The van der Waals surface area contributed by atoms with E-state index in [2.05, 4.69) is 19.2 Å². The third kappa shape index (κ3) is 4.29. The molecule has 18 heavy (non-hydrogen) atoms. The maximum atomic E-state index is 9.32. The first kappa shape index (κ1) is 15.0. The van der Waals surface area contributed by atoms with Crippen LogP contribution in [0.4, 0.5) is 0 Å². The van der Waals surface area contributed by atoms with Gasteiger partial charge in [-0.15, -0.1) is 0 Å². The second-order valence-electron chi connectivity index (χ2n) is 4.20. The monoisotopic (exact) mass is 253 g/mol. The van der Waals surface area contributed by atoms with Crippen molar-refractivity contribution in [2.24, 2.45) is 0 Å². The van der Waals surface area contributed by atoms with E-state index in [1.165, 1.54) is 0 Å². The minimum atomic E-state index is -0.836. The molecule has 1 aromatic carbocycles. The molecule has 0 saturated carbocycles. The SMILES string of the molecule is CCNC(CC)c1ccccc1OCC(O)CO. The molecule has 2 unspecified atom stereocenters. The third-order valence-corrected chi connectivity index (χ3v) is 2.80. The molecule has 0 amide bonds. The molecule has 0 heterocycles. The maximum absolute atomic E-state index is 9.32. The predicted molar refractivity (Wildman–Crippen MR) is 71.7 cm³/mol. The van der Waals surface area contributed by atoms with Crippen molar-refractivity contribution in [3.8, 4) is 5.75 Å². The Morgan fingerprint density at radius 2 is 2.00 bits per heavy atom. The lowest BCUT2D eigenvalue weighted by Gasteiger charge is -2.20. The normalized spacial score (nSPS) is 14.2. The number of ether oxygens (including phenoxy) is 1. The first-order chi connectivity index (χ1) is 8.72. The Morgan fingerprint density at radius 1 is 1.28 bits per heavy atom. The van der Waals surface area contributed by atoms with Gasteiger partial charge in [-0.05, 0) is 19.0 Å². The van der Waals surface area contributed by atoms with Gasteiger partial charge in [0.1, 0.15) is 18.5 Å². The van der Waals surface area contributed by atoms with Crippen LogP contribution in [0.3, 0.4) is 0 Å². The smallest absolute Gasteiger partial charge is 0.124 e. The van der Waals surface area contributed by atoms with Crippen LogP contribution in [0.25, 0.3) is 0 Å². The second kappa shape index (κ2) is 8.08. The van der Waals surface area contributed by atoms with Gasteiger partial charge in [0.15, 0.2) is 0 Å². The van der Waals surface area contributed by atoms with E-state index < -0.39 is 6.10 Å². The minimum Gasteiger partial charge on any atom is -0.490 e. The van der Waals surface area contributed by atoms with Crippen molar-refractivity contribution in [1.29, 1.82) is 0 Å². The lowest BCUT2D eigenvalue weighted by Crippen LogP contribution is -2.24. The van der Waals surface area contributed by atoms with Gasteiger partial charge in [-0.3, -0.25) is 0 Å². The van der Waals surface area contributed by atoms with Crippen molar-refractivity contribution in [1.82, 2.24) is 5.32 Å². The van der Waals surface area contributed by atoms with Crippen molar-refractivity contribution in [3.05, 3.63) is 29.8 Å². The van der Waals surface area contributed by atoms with Crippen LogP contribution in [0.5, 0.6) is 5.75 Å². The molecule has 0 saturated heterocycles. The van der Waals surface area contributed by atoms with Crippen molar-refractivity contribution >= 4 is 0 Å². The van der Waals surface area contributed by atoms with Gasteiger partial charge in [0.25, 0.3) is 0 Å². The number of hydrogen-bond donors (Lipinski definition) is 3. The lowest BCUT2D eigenvalue weighted by atomic mass is 10.0. The van der Waals surface area contributed by atoms with Gasteiger partial charge in [-0.2, -0.15) is 0 Å². The van der Waals surface area contributed by atoms with Crippen LogP contribution < -0.4 is 10.1 Å². The molecular formula is C14H23NO3. The Balaban J connectivity index is 2.77. The van der Waals surface area contributed by atoms with E-state index >= 15 is 0 Å². The number of nitrogens with one attached hydrogen (secondary N) is 1. The molecular weight excluding hydrogens is 230 g/mol. The average molecular weight is 253 g/mol. The molecule has 1 rings (SSSR count). The molecule has 0 fully saturated rings. The van der Waals surface area contributed by atoms with Gasteiger partial charge >= 0.3 is 0 Å². The minimum absolute atomic E-state index is 0.107. The highest BCUT2D eigenvalue weighted by Gasteiger charge is 2.13. The summed E-state index contributed by atoms with van der Waals surface area (Å²) in [4.78, 5) is 0. The van der Waals surface area contributed by atoms with E-state index in [1.807, 2.05) is 24.3 Å². The Labute approximate surface area is 109 Å². The number of benzene rings is 1. The Kier molecular flexibility index (Phi) is 6.72. The summed E-state index contributed by atoms with van der Waals surface area (Å²) >= 11 is 0. The molecule has 0 aliphatic heterocycles. The summed E-state index contributed by atoms with van der Waals surface area (Å²) in [5, 5.41) is 21.5. The topological polar surface area (TPSA) is 61.7 Å². The quantitative estimate of drug-likeness (QED) is 0.656. The molecule has 102 valence electrons. The van der Waals surface area contributed by atoms with Crippen molar-refractivity contribution < 1.29 is 14.9 Å². The van der Waals surface area contributed by atoms with Crippen LogP contribution in [-0.4, -0.2) is 36.1 Å². The van der Waals surface area contributed by atoms with Gasteiger partial charge < -0.3 is 20.3 Å². The van der Waals surface area contributed by atoms with Crippen LogP contribution >= 0.6 is 0 Å². The first-order valence-electron chi connectivity index (χ1n) is 6.46. The molecule has 0 aliphatic rings. The molecule has 2 atom stereocenters. The largest absolute Gasteiger partial charge is 0.490 e. The van der Waals surface area contributed by atoms with E-state index in [-0.39, 0.29) is 19.3 Å². The summed E-state index contributed by atoms with van der Waals surface area (Å²) < 4.78 is 5.57. The van der Waals surface area contributed by atoms with E-state index in [0.29, 0.717) is 0 Å². The number of para-hydroxylation sites is 1. The number of hydrogen-bond acceptors (Lipinski definition) is 4. The Hall–Kier alpha value is -1.10. The maximum Gasteiger partial charge on any atom is 0.124 e. The van der Waals surface area contributed by atoms with Gasteiger partial charge in [0.2, 0.25) is 0 Å². The summed E-state index contributed by atoms with van der Waals surface area (Å²) in [6, 6.07) is 8.04. The molecule has 0 spiro atoms. The van der Waals surface area contributed by atoms with Crippen LogP contribution in [0.1, 0.15) is 31.9 Å². The average Bonchev–Trinajstić information content (AvgIpc) is 2.42. The number of rotatable bonds is 8. The highest BCUT2D eigenvalue weighted by molar-refractivity contribution is 5.36. The van der Waals surface area contributed by atoms with Gasteiger partial charge in [-0.25, -0.2) is 0 Å². The number of aliphatic hydroxyl groups excluding tert-OH is 2. The van der Waals surface area contributed by atoms with E-state index in [9.17, 15) is 5.11 Å². The fraction of sp³-hybridized carbons (Fsp3) is 0.571. The van der Waals surface area contributed by atoms with Crippen LogP contribution in [-0.2, 0) is 0 Å². The Bertz CT molecular complexity index is 344. The first-order valence-corrected chi connectivity index (χ1v) is 6.46. The van der Waals surface area contributed by atoms with Crippen LogP contribution in [0.2, 0.25) is 0 Å². The summed E-state index contributed by atoms with van der Waals surface area (Å²) in [5.74, 6) is 0.762. The van der Waals surface area contributed by atoms with Crippen LogP contribution in [0, 0.1) is 0 Å². The standard InChI is InChI=1S/C14H23NO3/c1-3-13(15-4-2)12-7-5-6-8-14(12)18-10-11(17)9-16/h5-8,11,13,15-17H,3-4,9-10H2,1-2H3. The van der Waals surface area contributed by atoms with E-state index in [4.69, 9.17) is 9.84 Å². The zero-order valence-corrected chi connectivity index (χ0v) is 11.1. The number of aliphatic hydroxyl groups is 2. The zero-order valence-electron chi connectivity index (χ0n) is 11.1. The highest BCUT2D eigenvalue weighted by Crippen LogP contribution is 2.27. The van der Waals surface area contributed by atoms with E-state index in [0.717, 1.165) is 24.3 Å². The summed E-state index contributed by atoms with van der Waals surface area (Å²) in [6.45, 7) is 4.91. The molecule has 0 aliphatic carbocycles. The van der Waals surface area contributed by atoms with Gasteiger partial charge in [-0.1, -0.05) is 32.0 Å². The highest BCUT2D eigenvalue weighted by atomic mass is 16.5. The second-order valence-corrected chi connectivity index (χ2v) is 4.20. The molecule has 4 nitrogen and oxygen atoms in total. The third-order valence-electron chi connectivity index (χ3n) is 2.80. The molecule has 4 heteroatoms. The van der Waals surface area contributed by atoms with Crippen molar-refractivity contribution in [2.45, 2.75) is 32.4 Å². The molecule has 0 aromatic heterocycles. The van der Waals surface area contributed by atoms with Crippen LogP contribution in [0.15, 0.2) is 24.3 Å². The van der Waals surface area contributed by atoms with Crippen molar-refractivity contribution in [3.63, 3.8) is 0 Å². The molecule has 3 N–H and O–H groups in total. The summed E-state index contributed by atoms with van der Waals surface area (Å²) in [7, 11) is 0. The Morgan fingerprint density at radius 3 is 2.61 bits per heavy atom. The predicted octanol–water partition coefficient (Wildman–Crippen LogP) is 1.48. The summed E-state index contributed by atoms with van der Waals surface area (Å²) in [5.41, 5.74) is 1.09. The molecule has 1 aromatic rings. The fourth-order valence-corrected chi connectivity index (χ4v) is 1.86. The van der Waals surface area contributed by atoms with Gasteiger partial charge in [0, 0.05) is 11.6 Å². The lowest BCUT2D eigenvalue weighted by molar-refractivity contribution is 0.0531. The molecule has 0 bridgehead atoms. The fourth-order valence-electron chi connectivity index (χ4n) is 1.86. The van der Waals surface area contributed by atoms with Crippen molar-refractivity contribution in [2.75, 3.05) is 19.8 Å².